The minimum Gasteiger partial charge on any atom is -0.389 e. The summed E-state index contributed by atoms with van der Waals surface area (Å²) in [6, 6.07) is 4.22. The number of rotatable bonds is 6. The third-order valence-corrected chi connectivity index (χ3v) is 4.04. The van der Waals surface area contributed by atoms with Crippen molar-refractivity contribution in [1.29, 1.82) is 0 Å². The van der Waals surface area contributed by atoms with Gasteiger partial charge in [0.1, 0.15) is 5.82 Å². The van der Waals surface area contributed by atoms with E-state index in [0.717, 1.165) is 12.8 Å². The Morgan fingerprint density at radius 1 is 1.43 bits per heavy atom. The minimum atomic E-state index is -0.621. The third kappa shape index (κ3) is 5.81. The molecule has 1 aliphatic rings. The van der Waals surface area contributed by atoms with E-state index in [2.05, 4.69) is 12.2 Å². The normalized spacial score (nSPS) is 23.8. The topological polar surface area (TPSA) is 41.5 Å². The van der Waals surface area contributed by atoms with Gasteiger partial charge in [-0.25, -0.2) is 4.39 Å². The van der Waals surface area contributed by atoms with Crippen molar-refractivity contribution in [2.45, 2.75) is 44.8 Å². The summed E-state index contributed by atoms with van der Waals surface area (Å²) in [4.78, 5) is 0. The smallest absolute Gasteiger partial charge is 0.126 e. The zero-order valence-corrected chi connectivity index (χ0v) is 13.1. The second-order valence-electron chi connectivity index (χ2n) is 5.92. The van der Waals surface area contributed by atoms with Gasteiger partial charge in [0.25, 0.3) is 0 Å². The Balaban J connectivity index is 1.70. The Bertz CT molecular complexity index is 438. The fourth-order valence-electron chi connectivity index (χ4n) is 2.73. The van der Waals surface area contributed by atoms with E-state index in [1.54, 1.807) is 6.07 Å². The molecule has 1 fully saturated rings. The highest BCUT2D eigenvalue weighted by Gasteiger charge is 2.20. The minimum absolute atomic E-state index is 0.256. The number of hydrogen-bond donors (Lipinski definition) is 2. The van der Waals surface area contributed by atoms with Crippen LogP contribution in [0.5, 0.6) is 0 Å². The number of ether oxygens (including phenoxy) is 1. The molecule has 3 nitrogen and oxygen atoms in total. The van der Waals surface area contributed by atoms with Crippen LogP contribution >= 0.6 is 11.6 Å². The highest BCUT2D eigenvalue weighted by Crippen LogP contribution is 2.25. The number of nitrogens with one attached hydrogen (secondary N) is 1. The molecule has 1 saturated carbocycles. The lowest BCUT2D eigenvalue weighted by atomic mass is 9.89. The van der Waals surface area contributed by atoms with E-state index >= 15 is 0 Å². The molecule has 0 saturated heterocycles. The first-order valence-electron chi connectivity index (χ1n) is 7.52. The van der Waals surface area contributed by atoms with E-state index in [1.165, 1.54) is 25.0 Å². The van der Waals surface area contributed by atoms with Crippen LogP contribution in [-0.4, -0.2) is 30.5 Å². The summed E-state index contributed by atoms with van der Waals surface area (Å²) < 4.78 is 18.9. The molecule has 5 heteroatoms. The average molecular weight is 316 g/mol. The largest absolute Gasteiger partial charge is 0.389 e. The van der Waals surface area contributed by atoms with Gasteiger partial charge in [0.15, 0.2) is 0 Å². The molecule has 0 heterocycles. The molecule has 0 radical (unpaired) electrons. The van der Waals surface area contributed by atoms with Crippen LogP contribution in [0.2, 0.25) is 5.02 Å². The molecule has 0 spiro atoms. The van der Waals surface area contributed by atoms with Crippen LogP contribution in [-0.2, 0) is 4.74 Å². The molecule has 1 aliphatic carbocycles. The van der Waals surface area contributed by atoms with E-state index in [0.29, 0.717) is 29.8 Å². The van der Waals surface area contributed by atoms with Crippen LogP contribution < -0.4 is 5.32 Å². The Morgan fingerprint density at radius 3 is 2.95 bits per heavy atom. The Hall–Kier alpha value is -0.840. The van der Waals surface area contributed by atoms with Gasteiger partial charge in [-0.3, -0.25) is 0 Å². The first kappa shape index (κ1) is 16.5. The van der Waals surface area contributed by atoms with E-state index in [1.807, 2.05) is 0 Å². The Labute approximate surface area is 130 Å². The Morgan fingerprint density at radius 2 is 2.24 bits per heavy atom. The van der Waals surface area contributed by atoms with Crippen LogP contribution in [0, 0.1) is 11.7 Å². The molecule has 1 aromatic rings. The van der Waals surface area contributed by atoms with Gasteiger partial charge in [0, 0.05) is 17.3 Å². The van der Waals surface area contributed by atoms with Crippen LogP contribution in [0.3, 0.4) is 0 Å². The average Bonchev–Trinajstić information content (AvgIpc) is 2.42. The van der Waals surface area contributed by atoms with Crippen LogP contribution in [0.25, 0.3) is 0 Å². The predicted octanol–water partition coefficient (Wildman–Crippen LogP) is 3.85. The lowest BCUT2D eigenvalue weighted by Crippen LogP contribution is -2.30. The molecule has 0 bridgehead atoms. The van der Waals surface area contributed by atoms with Crippen LogP contribution in [0.4, 0.5) is 10.1 Å². The fourth-order valence-corrected chi connectivity index (χ4v) is 2.95. The molecule has 3 atom stereocenters. The molecular formula is C16H23ClFNO2. The van der Waals surface area contributed by atoms with Gasteiger partial charge < -0.3 is 15.2 Å². The highest BCUT2D eigenvalue weighted by molar-refractivity contribution is 6.30. The number of halogens is 2. The van der Waals surface area contributed by atoms with Crippen molar-refractivity contribution < 1.29 is 14.2 Å². The summed E-state index contributed by atoms with van der Waals surface area (Å²) >= 11 is 5.77. The summed E-state index contributed by atoms with van der Waals surface area (Å²) in [5, 5.41) is 13.2. The summed E-state index contributed by atoms with van der Waals surface area (Å²) in [5.74, 6) is 0.306. The summed E-state index contributed by atoms with van der Waals surface area (Å²) in [6.07, 6.45) is 4.24. The number of hydrogen-bond acceptors (Lipinski definition) is 3. The lowest BCUT2D eigenvalue weighted by Gasteiger charge is -2.27. The van der Waals surface area contributed by atoms with Crippen molar-refractivity contribution in [3.63, 3.8) is 0 Å². The van der Waals surface area contributed by atoms with Crippen LogP contribution in [0.15, 0.2) is 18.2 Å². The molecule has 2 N–H and O–H groups in total. The molecule has 1 aromatic carbocycles. The van der Waals surface area contributed by atoms with Crippen molar-refractivity contribution in [3.8, 4) is 0 Å². The van der Waals surface area contributed by atoms with Gasteiger partial charge in [-0.2, -0.15) is 0 Å². The molecular weight excluding hydrogens is 293 g/mol. The number of aliphatic hydroxyl groups excluding tert-OH is 1. The first-order valence-corrected chi connectivity index (χ1v) is 7.90. The number of anilines is 1. The second kappa shape index (κ2) is 7.97. The van der Waals surface area contributed by atoms with Crippen molar-refractivity contribution in [1.82, 2.24) is 0 Å². The molecule has 2 rings (SSSR count). The van der Waals surface area contributed by atoms with Gasteiger partial charge in [-0.15, -0.1) is 0 Å². The zero-order valence-electron chi connectivity index (χ0n) is 12.3. The lowest BCUT2D eigenvalue weighted by molar-refractivity contribution is -0.0274. The number of benzene rings is 1. The van der Waals surface area contributed by atoms with Gasteiger partial charge in [0.2, 0.25) is 0 Å². The fraction of sp³-hybridized carbons (Fsp3) is 0.625. The first-order chi connectivity index (χ1) is 10.0. The maximum Gasteiger partial charge on any atom is 0.126 e. The van der Waals surface area contributed by atoms with Gasteiger partial charge >= 0.3 is 0 Å². The van der Waals surface area contributed by atoms with Crippen LogP contribution in [0.1, 0.15) is 32.6 Å². The molecule has 0 aromatic heterocycles. The van der Waals surface area contributed by atoms with Crippen molar-refractivity contribution in [3.05, 3.63) is 29.0 Å². The number of aliphatic hydroxyl groups is 1. The quantitative estimate of drug-likeness (QED) is 0.838. The summed E-state index contributed by atoms with van der Waals surface area (Å²) in [6.45, 7) is 2.84. The van der Waals surface area contributed by atoms with Crippen molar-refractivity contribution in [2.24, 2.45) is 5.92 Å². The van der Waals surface area contributed by atoms with E-state index < -0.39 is 11.9 Å². The Kier molecular flexibility index (Phi) is 6.27. The molecule has 3 unspecified atom stereocenters. The zero-order chi connectivity index (χ0) is 15.2. The van der Waals surface area contributed by atoms with E-state index in [-0.39, 0.29) is 6.10 Å². The monoisotopic (exact) mass is 315 g/mol. The van der Waals surface area contributed by atoms with E-state index in [4.69, 9.17) is 16.3 Å². The van der Waals surface area contributed by atoms with Crippen molar-refractivity contribution in [2.75, 3.05) is 18.5 Å². The van der Waals surface area contributed by atoms with Crippen molar-refractivity contribution >= 4 is 17.3 Å². The highest BCUT2D eigenvalue weighted by atomic mass is 35.5. The predicted molar refractivity (Wildman–Crippen MR) is 83.3 cm³/mol. The SMILES string of the molecule is CC1CCCC(OCC(O)CNc2cc(F)cc(Cl)c2)C1. The standard InChI is InChI=1S/C16H23ClFNO2/c1-11-3-2-4-16(5-11)21-10-15(20)9-19-14-7-12(17)6-13(18)8-14/h6-8,11,15-16,19-20H,2-5,9-10H2,1H3. The third-order valence-electron chi connectivity index (χ3n) is 3.82. The molecule has 0 amide bonds. The maximum absolute atomic E-state index is 13.2. The summed E-state index contributed by atoms with van der Waals surface area (Å²) in [7, 11) is 0. The molecule has 0 aliphatic heterocycles. The maximum atomic E-state index is 13.2. The summed E-state index contributed by atoms with van der Waals surface area (Å²) in [5.41, 5.74) is 0.560. The second-order valence-corrected chi connectivity index (χ2v) is 6.36. The van der Waals surface area contributed by atoms with Gasteiger partial charge in [-0.05, 0) is 37.0 Å². The van der Waals surface area contributed by atoms with Gasteiger partial charge in [0.05, 0.1) is 18.8 Å². The van der Waals surface area contributed by atoms with Gasteiger partial charge in [-0.1, -0.05) is 31.4 Å². The molecule has 118 valence electrons. The van der Waals surface area contributed by atoms with E-state index in [9.17, 15) is 9.50 Å². The molecule has 21 heavy (non-hydrogen) atoms.